The number of carbonyl (C=O) groups excluding carboxylic acids is 1. The third-order valence-electron chi connectivity index (χ3n) is 3.89. The van der Waals surface area contributed by atoms with Crippen LogP contribution in [0.3, 0.4) is 0 Å². The van der Waals surface area contributed by atoms with Crippen molar-refractivity contribution in [2.24, 2.45) is 0 Å². The predicted octanol–water partition coefficient (Wildman–Crippen LogP) is 3.03. The number of benzene rings is 1. The molecule has 1 fully saturated rings. The Morgan fingerprint density at radius 2 is 2.32 bits per heavy atom. The normalized spacial score (nSPS) is 18.5. The molecule has 2 N–H and O–H groups in total. The number of rotatable bonds is 5. The van der Waals surface area contributed by atoms with Gasteiger partial charge < -0.3 is 10.6 Å². The van der Waals surface area contributed by atoms with E-state index in [1.165, 1.54) is 18.4 Å². The topological polar surface area (TPSA) is 41.1 Å². The summed E-state index contributed by atoms with van der Waals surface area (Å²) in [6.07, 6.45) is 4.94. The van der Waals surface area contributed by atoms with E-state index in [-0.39, 0.29) is 5.91 Å². The molecule has 19 heavy (non-hydrogen) atoms. The highest BCUT2D eigenvalue weighted by molar-refractivity contribution is 5.92. The molecule has 104 valence electrons. The Labute approximate surface area is 115 Å². The first-order chi connectivity index (χ1) is 9.20. The third kappa shape index (κ3) is 3.80. The molecule has 1 atom stereocenters. The van der Waals surface area contributed by atoms with Crippen molar-refractivity contribution in [1.82, 2.24) is 5.32 Å². The van der Waals surface area contributed by atoms with E-state index in [4.69, 9.17) is 0 Å². The van der Waals surface area contributed by atoms with Gasteiger partial charge in [0.1, 0.15) is 0 Å². The van der Waals surface area contributed by atoms with Crippen LogP contribution in [-0.4, -0.2) is 18.5 Å². The lowest BCUT2D eigenvalue weighted by molar-refractivity contribution is -0.116. The van der Waals surface area contributed by atoms with Crippen LogP contribution in [0.2, 0.25) is 0 Å². The molecule has 1 aromatic carbocycles. The monoisotopic (exact) mass is 260 g/mol. The van der Waals surface area contributed by atoms with Gasteiger partial charge in [0.05, 0.1) is 0 Å². The molecule has 0 aliphatic carbocycles. The molecule has 1 heterocycles. The van der Waals surface area contributed by atoms with Gasteiger partial charge in [-0.1, -0.05) is 25.1 Å². The molecule has 2 rings (SSSR count). The van der Waals surface area contributed by atoms with Gasteiger partial charge in [0.15, 0.2) is 0 Å². The molecule has 0 saturated carbocycles. The van der Waals surface area contributed by atoms with Crippen molar-refractivity contribution in [3.8, 4) is 0 Å². The van der Waals surface area contributed by atoms with Gasteiger partial charge in [-0.2, -0.15) is 0 Å². The van der Waals surface area contributed by atoms with Crippen LogP contribution >= 0.6 is 0 Å². The fourth-order valence-electron chi connectivity index (χ4n) is 2.71. The lowest BCUT2D eigenvalue weighted by Gasteiger charge is -2.14. The molecule has 1 amide bonds. The largest absolute Gasteiger partial charge is 0.326 e. The maximum Gasteiger partial charge on any atom is 0.224 e. The van der Waals surface area contributed by atoms with Gasteiger partial charge in [-0.05, 0) is 50.3 Å². The molecule has 1 aliphatic heterocycles. The zero-order valence-electron chi connectivity index (χ0n) is 12.0. The number of nitrogens with one attached hydrogen (secondary N) is 2. The molecule has 3 nitrogen and oxygen atoms in total. The van der Waals surface area contributed by atoms with E-state index in [1.54, 1.807) is 0 Å². The highest BCUT2D eigenvalue weighted by Gasteiger charge is 2.16. The number of amides is 1. The van der Waals surface area contributed by atoms with E-state index < -0.39 is 0 Å². The van der Waals surface area contributed by atoms with Gasteiger partial charge in [-0.3, -0.25) is 4.79 Å². The average molecular weight is 260 g/mol. The Kier molecular flexibility index (Phi) is 4.97. The summed E-state index contributed by atoms with van der Waals surface area (Å²) in [5.41, 5.74) is 3.37. The number of hydrogen-bond donors (Lipinski definition) is 2. The summed E-state index contributed by atoms with van der Waals surface area (Å²) in [4.78, 5) is 12.1. The standard InChI is InChI=1S/C16H24N2O/c1-3-13-7-4-6-12(2)16(13)18-15(19)10-9-14-8-5-11-17-14/h4,6-7,14,17H,3,5,8-11H2,1-2H3,(H,18,19). The molecule has 3 heteroatoms. The van der Waals surface area contributed by atoms with Crippen LogP contribution in [0.15, 0.2) is 18.2 Å². The Bertz CT molecular complexity index is 436. The maximum absolute atomic E-state index is 12.1. The Hall–Kier alpha value is -1.35. The van der Waals surface area contributed by atoms with E-state index in [9.17, 15) is 4.79 Å². The summed E-state index contributed by atoms with van der Waals surface area (Å²) in [5, 5.41) is 6.52. The minimum Gasteiger partial charge on any atom is -0.326 e. The first-order valence-electron chi connectivity index (χ1n) is 7.32. The van der Waals surface area contributed by atoms with Crippen LogP contribution in [0.5, 0.6) is 0 Å². The minimum atomic E-state index is 0.137. The van der Waals surface area contributed by atoms with Crippen molar-refractivity contribution >= 4 is 11.6 Å². The van der Waals surface area contributed by atoms with Crippen LogP contribution in [0.1, 0.15) is 43.7 Å². The van der Waals surface area contributed by atoms with Crippen molar-refractivity contribution in [2.45, 2.75) is 52.0 Å². The molecule has 1 aromatic rings. The third-order valence-corrected chi connectivity index (χ3v) is 3.89. The molecule has 0 aromatic heterocycles. The van der Waals surface area contributed by atoms with Gasteiger partial charge in [0, 0.05) is 18.2 Å². The second-order valence-electron chi connectivity index (χ2n) is 5.34. The number of hydrogen-bond acceptors (Lipinski definition) is 2. The van der Waals surface area contributed by atoms with Gasteiger partial charge >= 0.3 is 0 Å². The number of aryl methyl sites for hydroxylation is 2. The van der Waals surface area contributed by atoms with E-state index >= 15 is 0 Å². The summed E-state index contributed by atoms with van der Waals surface area (Å²) >= 11 is 0. The summed E-state index contributed by atoms with van der Waals surface area (Å²) in [5.74, 6) is 0.137. The highest BCUT2D eigenvalue weighted by atomic mass is 16.1. The molecule has 0 bridgehead atoms. The molecule has 1 aliphatic rings. The molecule has 1 saturated heterocycles. The molecule has 0 radical (unpaired) electrons. The average Bonchev–Trinajstić information content (AvgIpc) is 2.92. The van der Waals surface area contributed by atoms with Gasteiger partial charge in [-0.25, -0.2) is 0 Å². The summed E-state index contributed by atoms with van der Waals surface area (Å²) in [7, 11) is 0. The van der Waals surface area contributed by atoms with E-state index in [0.29, 0.717) is 12.5 Å². The molecular weight excluding hydrogens is 236 g/mol. The van der Waals surface area contributed by atoms with Gasteiger partial charge in [0.2, 0.25) is 5.91 Å². The van der Waals surface area contributed by atoms with Crippen molar-refractivity contribution in [3.63, 3.8) is 0 Å². The van der Waals surface area contributed by atoms with Gasteiger partial charge in [0.25, 0.3) is 0 Å². The molecule has 1 unspecified atom stereocenters. The first kappa shape index (κ1) is 14.1. The predicted molar refractivity (Wildman–Crippen MR) is 79.4 cm³/mol. The quantitative estimate of drug-likeness (QED) is 0.854. The van der Waals surface area contributed by atoms with Crippen molar-refractivity contribution < 1.29 is 4.79 Å². The zero-order valence-corrected chi connectivity index (χ0v) is 12.0. The number of para-hydroxylation sites is 1. The van der Waals surface area contributed by atoms with Crippen molar-refractivity contribution in [3.05, 3.63) is 29.3 Å². The van der Waals surface area contributed by atoms with Gasteiger partial charge in [-0.15, -0.1) is 0 Å². The smallest absolute Gasteiger partial charge is 0.224 e. The van der Waals surface area contributed by atoms with Crippen molar-refractivity contribution in [2.75, 3.05) is 11.9 Å². The fourth-order valence-corrected chi connectivity index (χ4v) is 2.71. The summed E-state index contributed by atoms with van der Waals surface area (Å²) in [6, 6.07) is 6.72. The highest BCUT2D eigenvalue weighted by Crippen LogP contribution is 2.21. The van der Waals surface area contributed by atoms with E-state index in [0.717, 1.165) is 30.6 Å². The fraction of sp³-hybridized carbons (Fsp3) is 0.562. The van der Waals surface area contributed by atoms with Crippen LogP contribution in [0.25, 0.3) is 0 Å². The van der Waals surface area contributed by atoms with E-state index in [1.807, 2.05) is 19.1 Å². The second-order valence-corrected chi connectivity index (χ2v) is 5.34. The van der Waals surface area contributed by atoms with Crippen LogP contribution < -0.4 is 10.6 Å². The summed E-state index contributed by atoms with van der Waals surface area (Å²) in [6.45, 7) is 5.27. The molecular formula is C16H24N2O. The van der Waals surface area contributed by atoms with Crippen LogP contribution in [0, 0.1) is 6.92 Å². The lowest BCUT2D eigenvalue weighted by atomic mass is 10.0. The number of anilines is 1. The number of carbonyl (C=O) groups is 1. The minimum absolute atomic E-state index is 0.137. The molecule has 0 spiro atoms. The second kappa shape index (κ2) is 6.71. The first-order valence-corrected chi connectivity index (χ1v) is 7.32. The maximum atomic E-state index is 12.1. The lowest BCUT2D eigenvalue weighted by Crippen LogP contribution is -2.24. The van der Waals surface area contributed by atoms with Crippen molar-refractivity contribution in [1.29, 1.82) is 0 Å². The SMILES string of the molecule is CCc1cccc(C)c1NC(=O)CCC1CCCN1. The zero-order chi connectivity index (χ0) is 13.7. The Balaban J connectivity index is 1.91. The van der Waals surface area contributed by atoms with Crippen LogP contribution in [-0.2, 0) is 11.2 Å². The van der Waals surface area contributed by atoms with E-state index in [2.05, 4.69) is 23.6 Å². The Morgan fingerprint density at radius 3 is 3.00 bits per heavy atom. The van der Waals surface area contributed by atoms with Crippen LogP contribution in [0.4, 0.5) is 5.69 Å². The Morgan fingerprint density at radius 1 is 1.47 bits per heavy atom. The summed E-state index contributed by atoms with van der Waals surface area (Å²) < 4.78 is 0.